The number of benzene rings is 1. The molecule has 1 aromatic carbocycles. The first-order valence-corrected chi connectivity index (χ1v) is 12.1. The number of ether oxygens (including phenoxy) is 1. The first-order valence-electron chi connectivity index (χ1n) is 10.3. The molecule has 2 amide bonds. The Morgan fingerprint density at radius 3 is 2.50 bits per heavy atom. The van der Waals surface area contributed by atoms with Crippen LogP contribution in [0, 0.1) is 0 Å². The number of hydrogen-bond acceptors (Lipinski definition) is 6. The maximum absolute atomic E-state index is 12.7. The van der Waals surface area contributed by atoms with Crippen molar-refractivity contribution in [2.24, 2.45) is 0 Å². The van der Waals surface area contributed by atoms with Crippen LogP contribution in [-0.2, 0) is 30.7 Å². The average molecular weight is 437 g/mol. The van der Waals surface area contributed by atoms with Crippen molar-refractivity contribution in [1.29, 1.82) is 0 Å². The summed E-state index contributed by atoms with van der Waals surface area (Å²) in [5.41, 5.74) is 1.24. The highest BCUT2D eigenvalue weighted by Crippen LogP contribution is 2.20. The lowest BCUT2D eigenvalue weighted by Crippen LogP contribution is -2.46. The van der Waals surface area contributed by atoms with Crippen molar-refractivity contribution in [3.63, 3.8) is 0 Å². The molecule has 1 aromatic rings. The molecule has 0 N–H and O–H groups in total. The van der Waals surface area contributed by atoms with E-state index in [0.717, 1.165) is 18.5 Å². The fraction of sp³-hybridized carbons (Fsp3) is 0.571. The van der Waals surface area contributed by atoms with Crippen LogP contribution in [0.2, 0.25) is 0 Å². The van der Waals surface area contributed by atoms with Crippen LogP contribution in [0.4, 0.5) is 0 Å². The van der Waals surface area contributed by atoms with Crippen molar-refractivity contribution >= 4 is 27.6 Å². The molecule has 2 aliphatic heterocycles. The third-order valence-electron chi connectivity index (χ3n) is 5.64. The minimum absolute atomic E-state index is 0.0474. The van der Waals surface area contributed by atoms with Crippen molar-refractivity contribution in [3.8, 4) is 0 Å². The van der Waals surface area contributed by atoms with Gasteiger partial charge in [-0.1, -0.05) is 12.1 Å². The molecule has 2 heterocycles. The highest BCUT2D eigenvalue weighted by Gasteiger charge is 2.36. The fourth-order valence-corrected chi connectivity index (χ4v) is 5.70. The van der Waals surface area contributed by atoms with Gasteiger partial charge in [0, 0.05) is 32.1 Å². The van der Waals surface area contributed by atoms with Crippen LogP contribution in [0.1, 0.15) is 49.0 Å². The molecule has 0 spiro atoms. The van der Waals surface area contributed by atoms with Gasteiger partial charge in [0.1, 0.15) is 0 Å². The Kier molecular flexibility index (Phi) is 6.80. The van der Waals surface area contributed by atoms with Gasteiger partial charge >= 0.3 is 5.97 Å². The average Bonchev–Trinajstić information content (AvgIpc) is 3.27. The van der Waals surface area contributed by atoms with E-state index < -0.39 is 27.8 Å². The number of carbonyl (C=O) groups is 3. The highest BCUT2D eigenvalue weighted by molar-refractivity contribution is 7.91. The SMILES string of the molecule is CCN(C(=O)[C@@H](C)OC(=O)c1ccc(CN2CCCC2=O)cc1)[C@H]1CCS(=O)(=O)C1. The van der Waals surface area contributed by atoms with Gasteiger partial charge in [-0.15, -0.1) is 0 Å². The summed E-state index contributed by atoms with van der Waals surface area (Å²) in [5.74, 6) is -0.840. The monoisotopic (exact) mass is 436 g/mol. The van der Waals surface area contributed by atoms with E-state index >= 15 is 0 Å². The molecule has 0 radical (unpaired) electrons. The summed E-state index contributed by atoms with van der Waals surface area (Å²) < 4.78 is 28.8. The number of likely N-dealkylation sites (N-methyl/N-ethyl adjacent to an activating group) is 1. The van der Waals surface area contributed by atoms with Gasteiger partial charge in [-0.2, -0.15) is 0 Å². The van der Waals surface area contributed by atoms with E-state index in [9.17, 15) is 22.8 Å². The zero-order chi connectivity index (χ0) is 21.9. The first kappa shape index (κ1) is 22.3. The quantitative estimate of drug-likeness (QED) is 0.599. The Bertz CT molecular complexity index is 912. The van der Waals surface area contributed by atoms with Crippen molar-refractivity contribution in [2.75, 3.05) is 24.6 Å². The highest BCUT2D eigenvalue weighted by atomic mass is 32.2. The number of likely N-dealkylation sites (tertiary alicyclic amines) is 1. The van der Waals surface area contributed by atoms with Gasteiger partial charge in [-0.05, 0) is 44.4 Å². The summed E-state index contributed by atoms with van der Waals surface area (Å²) in [7, 11) is -3.12. The van der Waals surface area contributed by atoms with Crippen molar-refractivity contribution < 1.29 is 27.5 Å². The Morgan fingerprint density at radius 1 is 1.27 bits per heavy atom. The van der Waals surface area contributed by atoms with Crippen LogP contribution < -0.4 is 0 Å². The number of rotatable bonds is 7. The maximum atomic E-state index is 12.7. The van der Waals surface area contributed by atoms with E-state index in [0.29, 0.717) is 31.5 Å². The van der Waals surface area contributed by atoms with Crippen molar-refractivity contribution in [2.45, 2.75) is 51.8 Å². The molecule has 3 rings (SSSR count). The molecular weight excluding hydrogens is 408 g/mol. The normalized spacial score (nSPS) is 21.5. The van der Waals surface area contributed by atoms with E-state index in [1.54, 1.807) is 36.1 Å². The molecule has 2 aliphatic rings. The summed E-state index contributed by atoms with van der Waals surface area (Å²) >= 11 is 0. The lowest BCUT2D eigenvalue weighted by atomic mass is 10.1. The van der Waals surface area contributed by atoms with E-state index in [2.05, 4.69) is 0 Å². The minimum Gasteiger partial charge on any atom is -0.449 e. The van der Waals surface area contributed by atoms with Crippen LogP contribution in [0.3, 0.4) is 0 Å². The molecule has 0 bridgehead atoms. The lowest BCUT2D eigenvalue weighted by molar-refractivity contribution is -0.141. The summed E-state index contributed by atoms with van der Waals surface area (Å²) in [6, 6.07) is 6.42. The summed E-state index contributed by atoms with van der Waals surface area (Å²) in [6.07, 6.45) is 0.848. The van der Waals surface area contributed by atoms with Crippen molar-refractivity contribution in [3.05, 3.63) is 35.4 Å². The molecule has 0 saturated carbocycles. The molecule has 0 aliphatic carbocycles. The predicted octanol–water partition coefficient (Wildman–Crippen LogP) is 1.39. The fourth-order valence-electron chi connectivity index (χ4n) is 3.97. The zero-order valence-electron chi connectivity index (χ0n) is 17.4. The second-order valence-electron chi connectivity index (χ2n) is 7.84. The molecule has 0 aromatic heterocycles. The third-order valence-corrected chi connectivity index (χ3v) is 7.39. The van der Waals surface area contributed by atoms with Crippen LogP contribution >= 0.6 is 0 Å². The summed E-state index contributed by atoms with van der Waals surface area (Å²) in [4.78, 5) is 40.2. The number of sulfone groups is 1. The molecule has 30 heavy (non-hydrogen) atoms. The summed E-state index contributed by atoms with van der Waals surface area (Å²) in [6.45, 7) is 4.89. The van der Waals surface area contributed by atoms with Gasteiger partial charge in [-0.25, -0.2) is 13.2 Å². The van der Waals surface area contributed by atoms with Gasteiger partial charge in [-0.3, -0.25) is 9.59 Å². The van der Waals surface area contributed by atoms with E-state index in [1.807, 2.05) is 0 Å². The standard InChI is InChI=1S/C21H28N2O6S/c1-3-23(18-10-12-30(27,28)14-18)20(25)15(2)29-21(26)17-8-6-16(7-9-17)13-22-11-4-5-19(22)24/h6-9,15,18H,3-5,10-14H2,1-2H3/t15-,18+/m1/s1. The smallest absolute Gasteiger partial charge is 0.338 e. The number of carbonyl (C=O) groups excluding carboxylic acids is 3. The Hall–Kier alpha value is -2.42. The number of hydrogen-bond donors (Lipinski definition) is 0. The Labute approximate surface area is 177 Å². The zero-order valence-corrected chi connectivity index (χ0v) is 18.2. The van der Waals surface area contributed by atoms with Crippen LogP contribution in [-0.4, -0.2) is 72.7 Å². The van der Waals surface area contributed by atoms with Crippen LogP contribution in [0.15, 0.2) is 24.3 Å². The number of esters is 1. The molecule has 9 heteroatoms. The molecule has 2 saturated heterocycles. The van der Waals surface area contributed by atoms with Gasteiger partial charge in [0.2, 0.25) is 5.91 Å². The van der Waals surface area contributed by atoms with Gasteiger partial charge in [0.05, 0.1) is 17.1 Å². The molecule has 8 nitrogen and oxygen atoms in total. The molecule has 2 fully saturated rings. The Morgan fingerprint density at radius 2 is 1.97 bits per heavy atom. The first-order chi connectivity index (χ1) is 14.2. The lowest BCUT2D eigenvalue weighted by Gasteiger charge is -2.29. The minimum atomic E-state index is -3.12. The third kappa shape index (κ3) is 5.19. The topological polar surface area (TPSA) is 101 Å². The second-order valence-corrected chi connectivity index (χ2v) is 10.1. The van der Waals surface area contributed by atoms with Gasteiger partial charge < -0.3 is 14.5 Å². The maximum Gasteiger partial charge on any atom is 0.338 e. The number of nitrogens with zero attached hydrogens (tertiary/aromatic N) is 2. The van der Waals surface area contributed by atoms with E-state index in [1.165, 1.54) is 11.8 Å². The molecule has 0 unspecified atom stereocenters. The van der Waals surface area contributed by atoms with Crippen molar-refractivity contribution in [1.82, 2.24) is 9.80 Å². The number of amides is 2. The second kappa shape index (κ2) is 9.16. The van der Waals surface area contributed by atoms with Crippen LogP contribution in [0.25, 0.3) is 0 Å². The molecule has 164 valence electrons. The molecule has 2 atom stereocenters. The molecular formula is C21H28N2O6S. The Balaban J connectivity index is 1.57. The van der Waals surface area contributed by atoms with E-state index in [4.69, 9.17) is 4.74 Å². The van der Waals surface area contributed by atoms with E-state index in [-0.39, 0.29) is 23.5 Å². The van der Waals surface area contributed by atoms with Gasteiger partial charge in [0.15, 0.2) is 15.9 Å². The largest absolute Gasteiger partial charge is 0.449 e. The predicted molar refractivity (Wildman–Crippen MR) is 110 cm³/mol. The summed E-state index contributed by atoms with van der Waals surface area (Å²) in [5, 5.41) is 0. The van der Waals surface area contributed by atoms with Gasteiger partial charge in [0.25, 0.3) is 5.91 Å². The van der Waals surface area contributed by atoms with Crippen LogP contribution in [0.5, 0.6) is 0 Å².